The number of imidazole rings is 1. The van der Waals surface area contributed by atoms with Crippen LogP contribution in [0.4, 0.5) is 0 Å². The van der Waals surface area contributed by atoms with Crippen LogP contribution in [-0.4, -0.2) is 26.9 Å². The van der Waals surface area contributed by atoms with E-state index in [1.165, 1.54) is 6.07 Å². The standard InChI is InChI=1S/C20H22N2O3/c1-13(2)16-8-17(20(24)9-19(16)23)18-10-21-12-22(18)11-14-4-6-15(25-3)7-5-14/h4-10,12-13,23-24H,11H2,1-3H3. The molecule has 2 N–H and O–H groups in total. The van der Waals surface area contributed by atoms with Gasteiger partial charge in [0.1, 0.15) is 17.2 Å². The largest absolute Gasteiger partial charge is 0.508 e. The van der Waals surface area contributed by atoms with Crippen molar-refractivity contribution in [3.05, 3.63) is 60.0 Å². The molecule has 0 saturated carbocycles. The van der Waals surface area contributed by atoms with Gasteiger partial charge < -0.3 is 19.5 Å². The molecule has 0 fully saturated rings. The van der Waals surface area contributed by atoms with E-state index in [1.54, 1.807) is 19.6 Å². The van der Waals surface area contributed by atoms with Crippen LogP contribution in [0.3, 0.4) is 0 Å². The lowest BCUT2D eigenvalue weighted by molar-refractivity contribution is 0.414. The normalized spacial score (nSPS) is 11.0. The Hall–Kier alpha value is -2.95. The zero-order valence-corrected chi connectivity index (χ0v) is 14.6. The maximum atomic E-state index is 10.3. The summed E-state index contributed by atoms with van der Waals surface area (Å²) >= 11 is 0. The molecule has 3 rings (SSSR count). The maximum Gasteiger partial charge on any atom is 0.128 e. The van der Waals surface area contributed by atoms with Crippen LogP contribution in [-0.2, 0) is 6.54 Å². The van der Waals surface area contributed by atoms with E-state index in [-0.39, 0.29) is 17.4 Å². The lowest BCUT2D eigenvalue weighted by Gasteiger charge is -2.14. The summed E-state index contributed by atoms with van der Waals surface area (Å²) in [6.07, 6.45) is 3.46. The third-order valence-electron chi connectivity index (χ3n) is 4.27. The minimum atomic E-state index is 0.0402. The van der Waals surface area contributed by atoms with E-state index in [1.807, 2.05) is 48.7 Å². The number of phenolic OH excluding ortho intramolecular Hbond substituents is 2. The Bertz CT molecular complexity index is 867. The molecule has 5 nitrogen and oxygen atoms in total. The molecular weight excluding hydrogens is 316 g/mol. The Morgan fingerprint density at radius 1 is 1.08 bits per heavy atom. The van der Waals surface area contributed by atoms with Crippen molar-refractivity contribution in [2.24, 2.45) is 0 Å². The van der Waals surface area contributed by atoms with Gasteiger partial charge in [-0.3, -0.25) is 0 Å². The number of hydrogen-bond donors (Lipinski definition) is 2. The van der Waals surface area contributed by atoms with Crippen LogP contribution < -0.4 is 4.74 Å². The van der Waals surface area contributed by atoms with Crippen molar-refractivity contribution in [2.45, 2.75) is 26.3 Å². The molecule has 0 aliphatic carbocycles. The summed E-state index contributed by atoms with van der Waals surface area (Å²) in [4.78, 5) is 4.23. The van der Waals surface area contributed by atoms with Gasteiger partial charge in [-0.25, -0.2) is 4.98 Å². The number of phenols is 2. The summed E-state index contributed by atoms with van der Waals surface area (Å²) < 4.78 is 7.15. The Labute approximate surface area is 147 Å². The lowest BCUT2D eigenvalue weighted by Crippen LogP contribution is -2.01. The van der Waals surface area contributed by atoms with E-state index in [0.717, 1.165) is 22.6 Å². The highest BCUT2D eigenvalue weighted by atomic mass is 16.5. The Balaban J connectivity index is 1.97. The van der Waals surface area contributed by atoms with Crippen LogP contribution in [0, 0.1) is 0 Å². The summed E-state index contributed by atoms with van der Waals surface area (Å²) in [5.74, 6) is 1.11. The van der Waals surface area contributed by atoms with Gasteiger partial charge in [-0.2, -0.15) is 0 Å². The zero-order chi connectivity index (χ0) is 18.0. The number of hydrogen-bond acceptors (Lipinski definition) is 4. The monoisotopic (exact) mass is 338 g/mol. The number of ether oxygens (including phenoxy) is 1. The first-order valence-corrected chi connectivity index (χ1v) is 8.19. The number of aromatic nitrogens is 2. The molecule has 0 aliphatic heterocycles. The molecule has 0 bridgehead atoms. The SMILES string of the molecule is COc1ccc(Cn2cncc2-c2cc(C(C)C)c(O)cc2O)cc1. The van der Waals surface area contributed by atoms with Gasteiger partial charge in [0.25, 0.3) is 0 Å². The highest BCUT2D eigenvalue weighted by Gasteiger charge is 2.16. The van der Waals surface area contributed by atoms with Crippen molar-refractivity contribution in [1.82, 2.24) is 9.55 Å². The topological polar surface area (TPSA) is 67.5 Å². The molecule has 0 atom stereocenters. The van der Waals surface area contributed by atoms with Crippen LogP contribution in [0.1, 0.15) is 30.9 Å². The lowest BCUT2D eigenvalue weighted by atomic mass is 9.97. The predicted octanol–water partition coefficient (Wildman–Crippen LogP) is 4.14. The molecule has 0 unspecified atom stereocenters. The van der Waals surface area contributed by atoms with Gasteiger partial charge in [-0.15, -0.1) is 0 Å². The van der Waals surface area contributed by atoms with Crippen molar-refractivity contribution < 1.29 is 14.9 Å². The first kappa shape index (κ1) is 16.9. The van der Waals surface area contributed by atoms with Crippen molar-refractivity contribution in [3.8, 4) is 28.5 Å². The smallest absolute Gasteiger partial charge is 0.128 e. The Morgan fingerprint density at radius 3 is 2.44 bits per heavy atom. The quantitative estimate of drug-likeness (QED) is 0.733. The predicted molar refractivity (Wildman–Crippen MR) is 97.2 cm³/mol. The molecule has 2 aromatic carbocycles. The molecule has 3 aromatic rings. The third-order valence-corrected chi connectivity index (χ3v) is 4.27. The average Bonchev–Trinajstić information content (AvgIpc) is 3.03. The highest BCUT2D eigenvalue weighted by molar-refractivity contribution is 5.70. The van der Waals surface area contributed by atoms with E-state index >= 15 is 0 Å². The minimum Gasteiger partial charge on any atom is -0.508 e. The molecule has 130 valence electrons. The number of methoxy groups -OCH3 is 1. The molecule has 0 spiro atoms. The van der Waals surface area contributed by atoms with Gasteiger partial charge in [-0.1, -0.05) is 26.0 Å². The maximum absolute atomic E-state index is 10.3. The number of rotatable bonds is 5. The van der Waals surface area contributed by atoms with Crippen molar-refractivity contribution in [2.75, 3.05) is 7.11 Å². The molecule has 0 amide bonds. The van der Waals surface area contributed by atoms with E-state index in [9.17, 15) is 10.2 Å². The average molecular weight is 338 g/mol. The van der Waals surface area contributed by atoms with Gasteiger partial charge in [0.05, 0.1) is 25.3 Å². The van der Waals surface area contributed by atoms with E-state index in [0.29, 0.717) is 12.1 Å². The molecule has 0 saturated heterocycles. The van der Waals surface area contributed by atoms with Crippen LogP contribution in [0.25, 0.3) is 11.3 Å². The van der Waals surface area contributed by atoms with Crippen LogP contribution in [0.5, 0.6) is 17.2 Å². The summed E-state index contributed by atoms with van der Waals surface area (Å²) in [5, 5.41) is 20.4. The van der Waals surface area contributed by atoms with E-state index in [4.69, 9.17) is 4.74 Å². The fourth-order valence-corrected chi connectivity index (χ4v) is 2.86. The fraction of sp³-hybridized carbons (Fsp3) is 0.250. The van der Waals surface area contributed by atoms with Crippen LogP contribution in [0.15, 0.2) is 48.9 Å². The molecule has 1 aromatic heterocycles. The molecule has 5 heteroatoms. The second kappa shape index (κ2) is 6.89. The second-order valence-electron chi connectivity index (χ2n) is 6.34. The molecular formula is C20H22N2O3. The molecule has 1 heterocycles. The Morgan fingerprint density at radius 2 is 1.80 bits per heavy atom. The summed E-state index contributed by atoms with van der Waals surface area (Å²) in [7, 11) is 1.64. The van der Waals surface area contributed by atoms with Gasteiger partial charge in [0.2, 0.25) is 0 Å². The van der Waals surface area contributed by atoms with Crippen molar-refractivity contribution in [1.29, 1.82) is 0 Å². The van der Waals surface area contributed by atoms with E-state index in [2.05, 4.69) is 4.98 Å². The molecule has 25 heavy (non-hydrogen) atoms. The van der Waals surface area contributed by atoms with Crippen LogP contribution >= 0.6 is 0 Å². The number of nitrogens with zero attached hydrogens (tertiary/aromatic N) is 2. The fourth-order valence-electron chi connectivity index (χ4n) is 2.86. The van der Waals surface area contributed by atoms with Gasteiger partial charge in [-0.05, 0) is 35.2 Å². The first-order valence-electron chi connectivity index (χ1n) is 8.19. The number of benzene rings is 2. The Kier molecular flexibility index (Phi) is 4.65. The highest BCUT2D eigenvalue weighted by Crippen LogP contribution is 2.37. The second-order valence-corrected chi connectivity index (χ2v) is 6.34. The molecule has 0 radical (unpaired) electrons. The minimum absolute atomic E-state index is 0.0402. The first-order chi connectivity index (χ1) is 12.0. The number of aromatic hydroxyl groups is 2. The summed E-state index contributed by atoms with van der Waals surface area (Å²) in [6, 6.07) is 11.1. The van der Waals surface area contributed by atoms with Gasteiger partial charge >= 0.3 is 0 Å². The third kappa shape index (κ3) is 3.45. The van der Waals surface area contributed by atoms with E-state index < -0.39 is 0 Å². The summed E-state index contributed by atoms with van der Waals surface area (Å²) in [5.41, 5.74) is 3.36. The van der Waals surface area contributed by atoms with Gasteiger partial charge in [0, 0.05) is 18.2 Å². The van der Waals surface area contributed by atoms with Crippen molar-refractivity contribution >= 4 is 0 Å². The summed E-state index contributed by atoms with van der Waals surface area (Å²) in [6.45, 7) is 4.63. The molecule has 0 aliphatic rings. The van der Waals surface area contributed by atoms with Gasteiger partial charge in [0.15, 0.2) is 0 Å². The van der Waals surface area contributed by atoms with Crippen molar-refractivity contribution in [3.63, 3.8) is 0 Å². The van der Waals surface area contributed by atoms with Crippen LogP contribution in [0.2, 0.25) is 0 Å². The zero-order valence-electron chi connectivity index (χ0n) is 14.6.